The van der Waals surface area contributed by atoms with Crippen LogP contribution in [0, 0.1) is 5.92 Å². The highest BCUT2D eigenvalue weighted by molar-refractivity contribution is 5.69. The molecule has 0 aliphatic carbocycles. The Balaban J connectivity index is 3.17. The highest BCUT2D eigenvalue weighted by Crippen LogP contribution is 2.15. The minimum absolute atomic E-state index is 0.0226. The Morgan fingerprint density at radius 1 is 0.562 bits per heavy atom. The first-order valence-corrected chi connectivity index (χ1v) is 14.9. The second-order valence-electron chi connectivity index (χ2n) is 10.3. The highest BCUT2D eigenvalue weighted by Gasteiger charge is 2.03. The zero-order valence-corrected chi connectivity index (χ0v) is 22.6. The lowest BCUT2D eigenvalue weighted by molar-refractivity contribution is -0.143. The Labute approximate surface area is 203 Å². The van der Waals surface area contributed by atoms with Crippen molar-refractivity contribution in [1.29, 1.82) is 0 Å². The van der Waals surface area contributed by atoms with Gasteiger partial charge in [-0.15, -0.1) is 0 Å². The zero-order valence-electron chi connectivity index (χ0n) is 22.6. The minimum Gasteiger partial charge on any atom is -0.466 e. The predicted octanol–water partition coefficient (Wildman–Crippen LogP) is 10.6. The average Bonchev–Trinajstić information content (AvgIpc) is 2.80. The highest BCUT2D eigenvalue weighted by atomic mass is 16.5. The molecule has 2 nitrogen and oxygen atoms in total. The van der Waals surface area contributed by atoms with Crippen LogP contribution in [0.5, 0.6) is 0 Å². The molecular formula is C30H60O2. The van der Waals surface area contributed by atoms with Gasteiger partial charge >= 0.3 is 5.97 Å². The molecule has 0 bridgehead atoms. The van der Waals surface area contributed by atoms with Crippen molar-refractivity contribution in [3.05, 3.63) is 0 Å². The van der Waals surface area contributed by atoms with Gasteiger partial charge in [0.05, 0.1) is 6.61 Å². The lowest BCUT2D eigenvalue weighted by Gasteiger charge is -2.07. The Kier molecular flexibility index (Phi) is 26.3. The van der Waals surface area contributed by atoms with Gasteiger partial charge in [-0.3, -0.25) is 4.79 Å². The Hall–Kier alpha value is -0.530. The van der Waals surface area contributed by atoms with E-state index < -0.39 is 0 Å². The van der Waals surface area contributed by atoms with Gasteiger partial charge in [-0.25, -0.2) is 0 Å². The molecular weight excluding hydrogens is 392 g/mol. The summed E-state index contributed by atoms with van der Waals surface area (Å²) in [6.07, 6.45) is 31.3. The number of ether oxygens (including phenoxy) is 1. The number of carbonyl (C=O) groups is 1. The van der Waals surface area contributed by atoms with E-state index in [-0.39, 0.29) is 5.97 Å². The third kappa shape index (κ3) is 25.7. The van der Waals surface area contributed by atoms with Crippen LogP contribution in [0.25, 0.3) is 0 Å². The zero-order chi connectivity index (χ0) is 23.5. The fourth-order valence-corrected chi connectivity index (χ4v) is 4.40. The van der Waals surface area contributed by atoms with Crippen LogP contribution >= 0.6 is 0 Å². The van der Waals surface area contributed by atoms with Gasteiger partial charge in [0.2, 0.25) is 0 Å². The summed E-state index contributed by atoms with van der Waals surface area (Å²) in [5.74, 6) is 0.931. The number of hydrogen-bond acceptors (Lipinski definition) is 2. The van der Waals surface area contributed by atoms with E-state index >= 15 is 0 Å². The van der Waals surface area contributed by atoms with Crippen LogP contribution in [0.3, 0.4) is 0 Å². The summed E-state index contributed by atoms with van der Waals surface area (Å²) in [7, 11) is 0. The molecule has 192 valence electrons. The van der Waals surface area contributed by atoms with Gasteiger partial charge in [-0.2, -0.15) is 0 Å². The van der Waals surface area contributed by atoms with Crippen molar-refractivity contribution >= 4 is 5.97 Å². The Bertz CT molecular complexity index is 366. The van der Waals surface area contributed by atoms with Gasteiger partial charge in [-0.05, 0) is 18.8 Å². The second kappa shape index (κ2) is 26.7. The van der Waals surface area contributed by atoms with Crippen molar-refractivity contribution in [2.24, 2.45) is 5.92 Å². The summed E-state index contributed by atoms with van der Waals surface area (Å²) in [6, 6.07) is 0. The van der Waals surface area contributed by atoms with E-state index in [0.29, 0.717) is 13.0 Å². The van der Waals surface area contributed by atoms with Crippen molar-refractivity contribution in [1.82, 2.24) is 0 Å². The molecule has 0 aromatic carbocycles. The number of rotatable bonds is 26. The molecule has 2 heteroatoms. The number of carbonyl (C=O) groups excluding carboxylic acids is 1. The topological polar surface area (TPSA) is 26.3 Å². The van der Waals surface area contributed by atoms with E-state index in [9.17, 15) is 4.79 Å². The predicted molar refractivity (Wildman–Crippen MR) is 142 cm³/mol. The van der Waals surface area contributed by atoms with Crippen molar-refractivity contribution < 1.29 is 9.53 Å². The van der Waals surface area contributed by atoms with Crippen LogP contribution in [-0.2, 0) is 9.53 Å². The molecule has 0 heterocycles. The summed E-state index contributed by atoms with van der Waals surface area (Å²) in [5.41, 5.74) is 0. The van der Waals surface area contributed by atoms with Crippen LogP contribution in [-0.4, -0.2) is 12.6 Å². The summed E-state index contributed by atoms with van der Waals surface area (Å²) < 4.78 is 5.40. The van der Waals surface area contributed by atoms with Crippen molar-refractivity contribution in [3.63, 3.8) is 0 Å². The molecule has 0 radical (unpaired) electrons. The molecule has 1 atom stereocenters. The molecule has 0 aliphatic rings. The van der Waals surface area contributed by atoms with Gasteiger partial charge in [0.25, 0.3) is 0 Å². The van der Waals surface area contributed by atoms with E-state index in [0.717, 1.165) is 18.8 Å². The van der Waals surface area contributed by atoms with E-state index in [1.807, 2.05) is 0 Å². The minimum atomic E-state index is 0.0226. The monoisotopic (exact) mass is 452 g/mol. The van der Waals surface area contributed by atoms with Crippen LogP contribution in [0.15, 0.2) is 0 Å². The van der Waals surface area contributed by atoms with E-state index in [4.69, 9.17) is 4.74 Å². The van der Waals surface area contributed by atoms with Crippen LogP contribution in [0.2, 0.25) is 0 Å². The average molecular weight is 453 g/mol. The summed E-state index contributed by atoms with van der Waals surface area (Å²) in [6.45, 7) is 7.58. The smallest absolute Gasteiger partial charge is 0.305 e. The lowest BCUT2D eigenvalue weighted by atomic mass is 9.99. The fraction of sp³-hybridized carbons (Fsp3) is 0.967. The Morgan fingerprint density at radius 3 is 1.44 bits per heavy atom. The molecule has 0 aromatic rings. The van der Waals surface area contributed by atoms with Gasteiger partial charge in [-0.1, -0.05) is 156 Å². The first-order chi connectivity index (χ1) is 15.7. The maximum absolute atomic E-state index is 11.8. The Morgan fingerprint density at radius 2 is 0.969 bits per heavy atom. The van der Waals surface area contributed by atoms with Crippen LogP contribution < -0.4 is 0 Å². The molecule has 0 aromatic heterocycles. The second-order valence-corrected chi connectivity index (χ2v) is 10.3. The molecule has 0 amide bonds. The van der Waals surface area contributed by atoms with Crippen LogP contribution in [0.1, 0.15) is 175 Å². The molecule has 0 saturated carbocycles. The third-order valence-corrected chi connectivity index (χ3v) is 7.04. The molecule has 0 aliphatic heterocycles. The maximum atomic E-state index is 11.8. The maximum Gasteiger partial charge on any atom is 0.305 e. The SMILES string of the molecule is CCCCCCCCCCCCCCOC(=O)CCCCCCCCCCC[C@H](C)CC. The standard InChI is InChI=1S/C30H60O2/c1-4-6-7-8-9-10-11-12-16-19-22-25-28-32-30(31)27-24-21-18-15-13-14-17-20-23-26-29(3)5-2/h29H,4-28H2,1-3H3/t29-/m1/s1. The van der Waals surface area contributed by atoms with E-state index in [2.05, 4.69) is 20.8 Å². The van der Waals surface area contributed by atoms with Gasteiger partial charge in [0.1, 0.15) is 0 Å². The molecule has 0 spiro atoms. The largest absolute Gasteiger partial charge is 0.466 e. The third-order valence-electron chi connectivity index (χ3n) is 7.04. The van der Waals surface area contributed by atoms with Crippen molar-refractivity contribution in [3.8, 4) is 0 Å². The molecule has 0 saturated heterocycles. The molecule has 0 rings (SSSR count). The molecule has 32 heavy (non-hydrogen) atoms. The van der Waals surface area contributed by atoms with Gasteiger partial charge < -0.3 is 4.74 Å². The molecule has 0 fully saturated rings. The van der Waals surface area contributed by atoms with E-state index in [1.54, 1.807) is 0 Å². The number of esters is 1. The van der Waals surface area contributed by atoms with Crippen molar-refractivity contribution in [2.75, 3.05) is 6.61 Å². The van der Waals surface area contributed by atoms with Gasteiger partial charge in [0, 0.05) is 6.42 Å². The summed E-state index contributed by atoms with van der Waals surface area (Å²) in [4.78, 5) is 11.8. The fourth-order valence-electron chi connectivity index (χ4n) is 4.40. The summed E-state index contributed by atoms with van der Waals surface area (Å²) >= 11 is 0. The number of unbranched alkanes of at least 4 members (excludes halogenated alkanes) is 19. The lowest BCUT2D eigenvalue weighted by Crippen LogP contribution is -2.05. The quantitative estimate of drug-likeness (QED) is 0.0963. The molecule has 0 unspecified atom stereocenters. The molecule has 0 N–H and O–H groups in total. The van der Waals surface area contributed by atoms with Crippen LogP contribution in [0.4, 0.5) is 0 Å². The normalized spacial score (nSPS) is 12.2. The first-order valence-electron chi connectivity index (χ1n) is 14.9. The number of hydrogen-bond donors (Lipinski definition) is 0. The van der Waals surface area contributed by atoms with Crippen molar-refractivity contribution in [2.45, 2.75) is 175 Å². The summed E-state index contributed by atoms with van der Waals surface area (Å²) in [5, 5.41) is 0. The van der Waals surface area contributed by atoms with E-state index in [1.165, 1.54) is 135 Å². The van der Waals surface area contributed by atoms with Gasteiger partial charge in [0.15, 0.2) is 0 Å². The first kappa shape index (κ1) is 31.5.